The minimum Gasteiger partial charge on any atom is -0.462 e. The Morgan fingerprint density at radius 2 is 0.507 bits per heavy atom. The number of carbonyl (C=O) groups excluding carboxylic acids is 3. The molecule has 0 radical (unpaired) electrons. The van der Waals surface area contributed by atoms with Gasteiger partial charge in [-0.05, 0) is 141 Å². The van der Waals surface area contributed by atoms with Crippen LogP contribution in [0.1, 0.15) is 213 Å². The first-order chi connectivity index (χ1) is 37.0. The SMILES string of the molecule is CC/C=C\C/C=C\C/C=C\C/C=C\C/C=C\C/C=C\CCCCC(=O)OCC(COC(=O)CCCCCCCCC/C=C\C/C=C\C/C=C\CC)OC(=O)CC/C=C\C/C=C\C/C=C\C/C=C\C/C=C\C/C=C\CC. The van der Waals surface area contributed by atoms with Gasteiger partial charge in [-0.2, -0.15) is 0 Å². The number of allylic oxidation sites excluding steroid dienone is 30. The van der Waals surface area contributed by atoms with Gasteiger partial charge in [0, 0.05) is 19.3 Å². The van der Waals surface area contributed by atoms with Crippen molar-refractivity contribution in [2.24, 2.45) is 0 Å². The third-order valence-electron chi connectivity index (χ3n) is 11.4. The Morgan fingerprint density at radius 3 is 0.827 bits per heavy atom. The molecule has 0 amide bonds. The smallest absolute Gasteiger partial charge is 0.306 e. The molecule has 0 saturated heterocycles. The zero-order valence-corrected chi connectivity index (χ0v) is 47.5. The zero-order valence-electron chi connectivity index (χ0n) is 47.5. The predicted octanol–water partition coefficient (Wildman–Crippen LogP) is 20.1. The molecule has 0 aromatic heterocycles. The fourth-order valence-corrected chi connectivity index (χ4v) is 7.13. The van der Waals surface area contributed by atoms with Crippen LogP contribution in [0.2, 0.25) is 0 Å². The van der Waals surface area contributed by atoms with Crippen molar-refractivity contribution < 1.29 is 28.6 Å². The maximum atomic E-state index is 12.8. The van der Waals surface area contributed by atoms with Crippen molar-refractivity contribution >= 4 is 17.9 Å². The molecule has 0 fully saturated rings. The van der Waals surface area contributed by atoms with Gasteiger partial charge in [0.25, 0.3) is 0 Å². The van der Waals surface area contributed by atoms with Crippen molar-refractivity contribution in [2.75, 3.05) is 13.2 Å². The molecular formula is C69H104O6. The third kappa shape index (κ3) is 59.3. The van der Waals surface area contributed by atoms with Crippen molar-refractivity contribution in [3.05, 3.63) is 182 Å². The van der Waals surface area contributed by atoms with Crippen molar-refractivity contribution in [3.8, 4) is 0 Å². The molecule has 0 aliphatic heterocycles. The highest BCUT2D eigenvalue weighted by atomic mass is 16.6. The van der Waals surface area contributed by atoms with Gasteiger partial charge in [-0.3, -0.25) is 14.4 Å². The average Bonchev–Trinajstić information content (AvgIpc) is 3.41. The number of rotatable bonds is 50. The van der Waals surface area contributed by atoms with Gasteiger partial charge in [-0.1, -0.05) is 235 Å². The van der Waals surface area contributed by atoms with Gasteiger partial charge in [0.05, 0.1) is 0 Å². The molecule has 0 spiro atoms. The Hall–Kier alpha value is -5.49. The Bertz CT molecular complexity index is 1800. The van der Waals surface area contributed by atoms with E-state index >= 15 is 0 Å². The van der Waals surface area contributed by atoms with Crippen LogP contribution in [-0.4, -0.2) is 37.2 Å². The number of hydrogen-bond acceptors (Lipinski definition) is 6. The number of hydrogen-bond donors (Lipinski definition) is 0. The lowest BCUT2D eigenvalue weighted by molar-refractivity contribution is -0.166. The summed E-state index contributed by atoms with van der Waals surface area (Å²) in [5.74, 6) is -1.09. The molecule has 0 aromatic rings. The van der Waals surface area contributed by atoms with Crippen LogP contribution in [0.25, 0.3) is 0 Å². The Morgan fingerprint density at radius 1 is 0.267 bits per heavy atom. The van der Waals surface area contributed by atoms with Crippen LogP contribution in [0.3, 0.4) is 0 Å². The van der Waals surface area contributed by atoms with E-state index in [1.165, 1.54) is 19.3 Å². The van der Waals surface area contributed by atoms with Crippen LogP contribution in [0.4, 0.5) is 0 Å². The molecule has 75 heavy (non-hydrogen) atoms. The van der Waals surface area contributed by atoms with E-state index in [0.29, 0.717) is 19.3 Å². The summed E-state index contributed by atoms with van der Waals surface area (Å²) in [6, 6.07) is 0. The Kier molecular flexibility index (Phi) is 56.6. The number of esters is 3. The zero-order chi connectivity index (χ0) is 54.3. The molecule has 1 atom stereocenters. The summed E-state index contributed by atoms with van der Waals surface area (Å²) in [4.78, 5) is 38.2. The summed E-state index contributed by atoms with van der Waals surface area (Å²) in [5, 5.41) is 0. The molecule has 1 unspecified atom stereocenters. The first kappa shape index (κ1) is 69.5. The average molecular weight is 1030 g/mol. The first-order valence-electron chi connectivity index (χ1n) is 29.3. The first-order valence-corrected chi connectivity index (χ1v) is 29.3. The molecule has 0 aliphatic carbocycles. The van der Waals surface area contributed by atoms with E-state index in [2.05, 4.69) is 191 Å². The van der Waals surface area contributed by atoms with Gasteiger partial charge in [0.15, 0.2) is 6.10 Å². The van der Waals surface area contributed by atoms with Crippen LogP contribution in [0, 0.1) is 0 Å². The molecule has 0 heterocycles. The molecule has 416 valence electrons. The van der Waals surface area contributed by atoms with E-state index in [-0.39, 0.29) is 38.0 Å². The van der Waals surface area contributed by atoms with E-state index in [0.717, 1.165) is 141 Å². The van der Waals surface area contributed by atoms with Crippen molar-refractivity contribution in [3.63, 3.8) is 0 Å². The van der Waals surface area contributed by atoms with Crippen molar-refractivity contribution in [1.82, 2.24) is 0 Å². The minimum absolute atomic E-state index is 0.137. The molecule has 6 heteroatoms. The second kappa shape index (κ2) is 61.1. The van der Waals surface area contributed by atoms with Gasteiger partial charge in [0.2, 0.25) is 0 Å². The van der Waals surface area contributed by atoms with E-state index < -0.39 is 12.1 Å². The van der Waals surface area contributed by atoms with Crippen molar-refractivity contribution in [1.29, 1.82) is 0 Å². The maximum Gasteiger partial charge on any atom is 0.306 e. The topological polar surface area (TPSA) is 78.9 Å². The van der Waals surface area contributed by atoms with Crippen LogP contribution >= 0.6 is 0 Å². The molecule has 6 nitrogen and oxygen atoms in total. The molecule has 0 N–H and O–H groups in total. The second-order valence-electron chi connectivity index (χ2n) is 18.4. The molecule has 0 rings (SSSR count). The lowest BCUT2D eigenvalue weighted by Crippen LogP contribution is -2.30. The Labute approximate surface area is 459 Å². The number of ether oxygens (including phenoxy) is 3. The summed E-state index contributed by atoms with van der Waals surface area (Å²) >= 11 is 0. The monoisotopic (exact) mass is 1030 g/mol. The summed E-state index contributed by atoms with van der Waals surface area (Å²) in [6.45, 7) is 6.17. The molecule has 0 saturated carbocycles. The van der Waals surface area contributed by atoms with E-state index in [9.17, 15) is 14.4 Å². The van der Waals surface area contributed by atoms with Gasteiger partial charge in [-0.25, -0.2) is 0 Å². The summed E-state index contributed by atoms with van der Waals surface area (Å²) in [5.41, 5.74) is 0. The highest BCUT2D eigenvalue weighted by Crippen LogP contribution is 2.12. The summed E-state index contributed by atoms with van der Waals surface area (Å²) in [6.07, 6.45) is 91.8. The lowest BCUT2D eigenvalue weighted by Gasteiger charge is -2.18. The molecule has 0 aromatic carbocycles. The fourth-order valence-electron chi connectivity index (χ4n) is 7.13. The van der Waals surface area contributed by atoms with E-state index in [1.54, 1.807) is 0 Å². The largest absolute Gasteiger partial charge is 0.462 e. The summed E-state index contributed by atoms with van der Waals surface area (Å²) in [7, 11) is 0. The van der Waals surface area contributed by atoms with Crippen LogP contribution in [0.15, 0.2) is 182 Å². The lowest BCUT2D eigenvalue weighted by atomic mass is 10.1. The molecular weight excluding hydrogens is 925 g/mol. The van der Waals surface area contributed by atoms with Crippen LogP contribution in [-0.2, 0) is 28.6 Å². The van der Waals surface area contributed by atoms with Gasteiger partial charge in [-0.15, -0.1) is 0 Å². The van der Waals surface area contributed by atoms with Crippen LogP contribution in [0.5, 0.6) is 0 Å². The minimum atomic E-state index is -0.853. The second-order valence-corrected chi connectivity index (χ2v) is 18.4. The maximum absolute atomic E-state index is 12.8. The van der Waals surface area contributed by atoms with Gasteiger partial charge in [0.1, 0.15) is 13.2 Å². The normalized spacial score (nSPS) is 13.5. The number of unbranched alkanes of at least 4 members (excludes halogenated alkanes) is 9. The highest BCUT2D eigenvalue weighted by Gasteiger charge is 2.19. The van der Waals surface area contributed by atoms with Crippen molar-refractivity contribution in [2.45, 2.75) is 219 Å². The highest BCUT2D eigenvalue weighted by molar-refractivity contribution is 5.71. The number of carbonyl (C=O) groups is 3. The van der Waals surface area contributed by atoms with E-state index in [1.807, 2.05) is 12.2 Å². The van der Waals surface area contributed by atoms with Crippen LogP contribution < -0.4 is 0 Å². The van der Waals surface area contributed by atoms with Gasteiger partial charge < -0.3 is 14.2 Å². The quantitative estimate of drug-likeness (QED) is 0.0261. The van der Waals surface area contributed by atoms with E-state index in [4.69, 9.17) is 14.2 Å². The fraction of sp³-hybridized carbons (Fsp3) is 0.522. The van der Waals surface area contributed by atoms with Gasteiger partial charge >= 0.3 is 17.9 Å². The molecule has 0 bridgehead atoms. The summed E-state index contributed by atoms with van der Waals surface area (Å²) < 4.78 is 16.8. The predicted molar refractivity (Wildman–Crippen MR) is 324 cm³/mol. The third-order valence-corrected chi connectivity index (χ3v) is 11.4. The molecule has 0 aliphatic rings. The standard InChI is InChI=1S/C69H104O6/c1-4-7-10-13-16-19-22-25-28-31-33-34-36-38-41-44-47-50-53-56-59-62-68(71)74-65-66(64-73-67(70)61-58-55-52-49-46-43-40-37-30-27-24-21-18-15-12-9-6-3)75-69(72)63-60-57-54-51-48-45-42-39-35-32-29-26-23-20-17-14-11-8-5-2/h7-12,16-21,25-30,33-35,38-39,41,45,47-48,50,54,57,66H,4-6,13-15,22-24,31-32,36-37,40,42-44,46,49,51-53,55-56,58-65H2,1-3H3/b10-7-,11-8-,12-9-,19-16-,20-17-,21-18-,28-25-,29-26-,30-27-,34-33-,39-35-,41-38-,48-45-,50-47-,57-54-. The Balaban J connectivity index is 4.64.